The Labute approximate surface area is 208 Å². The third-order valence-electron chi connectivity index (χ3n) is 4.14. The largest absolute Gasteiger partial charge is 0.493 e. The first-order chi connectivity index (χ1) is 15.8. The third kappa shape index (κ3) is 7.86. The van der Waals surface area contributed by atoms with Gasteiger partial charge in [-0.05, 0) is 75.5 Å². The van der Waals surface area contributed by atoms with Crippen molar-refractivity contribution >= 4 is 55.9 Å². The number of amides is 2. The Morgan fingerprint density at radius 3 is 2.55 bits per heavy atom. The number of hydrogen-bond donors (Lipinski definition) is 2. The SMILES string of the molecule is CCOC(=O)COc1c(Br)cc(C=NNC(=O)C(C)NC(=O)c2ccccc2Br)cc1OC. The zero-order valence-electron chi connectivity index (χ0n) is 18.2. The van der Waals surface area contributed by atoms with Crippen LogP contribution in [0.4, 0.5) is 0 Å². The Kier molecular flexibility index (Phi) is 10.3. The quantitative estimate of drug-likeness (QED) is 0.251. The van der Waals surface area contributed by atoms with Crippen LogP contribution in [0.2, 0.25) is 0 Å². The van der Waals surface area contributed by atoms with E-state index in [4.69, 9.17) is 14.2 Å². The molecule has 0 aromatic heterocycles. The second-order valence-electron chi connectivity index (χ2n) is 6.54. The molecule has 0 aliphatic rings. The lowest BCUT2D eigenvalue weighted by molar-refractivity contribution is -0.145. The van der Waals surface area contributed by atoms with Gasteiger partial charge in [-0.15, -0.1) is 0 Å². The molecule has 0 spiro atoms. The molecule has 0 saturated carbocycles. The van der Waals surface area contributed by atoms with E-state index in [2.05, 4.69) is 47.7 Å². The van der Waals surface area contributed by atoms with Crippen LogP contribution in [0.1, 0.15) is 29.8 Å². The molecule has 2 aromatic rings. The fourth-order valence-corrected chi connectivity index (χ4v) is 3.58. The fraction of sp³-hybridized carbons (Fsp3) is 0.273. The highest BCUT2D eigenvalue weighted by Gasteiger charge is 2.18. The molecule has 11 heteroatoms. The van der Waals surface area contributed by atoms with Gasteiger partial charge in [0.05, 0.1) is 30.0 Å². The van der Waals surface area contributed by atoms with Crippen LogP contribution in [0, 0.1) is 0 Å². The highest BCUT2D eigenvalue weighted by atomic mass is 79.9. The summed E-state index contributed by atoms with van der Waals surface area (Å²) >= 11 is 6.68. The van der Waals surface area contributed by atoms with Gasteiger partial charge in [0.15, 0.2) is 18.1 Å². The first-order valence-electron chi connectivity index (χ1n) is 9.81. The van der Waals surface area contributed by atoms with E-state index in [-0.39, 0.29) is 19.1 Å². The van der Waals surface area contributed by atoms with Gasteiger partial charge >= 0.3 is 5.97 Å². The molecule has 1 unspecified atom stereocenters. The molecule has 0 aliphatic carbocycles. The number of esters is 1. The van der Waals surface area contributed by atoms with Gasteiger partial charge in [-0.1, -0.05) is 12.1 Å². The lowest BCUT2D eigenvalue weighted by Crippen LogP contribution is -2.43. The van der Waals surface area contributed by atoms with Crippen molar-refractivity contribution in [3.63, 3.8) is 0 Å². The number of ether oxygens (including phenoxy) is 3. The zero-order chi connectivity index (χ0) is 24.4. The average molecular weight is 585 g/mol. The van der Waals surface area contributed by atoms with E-state index >= 15 is 0 Å². The number of hydrogen-bond acceptors (Lipinski definition) is 7. The predicted octanol–water partition coefficient (Wildman–Crippen LogP) is 3.43. The van der Waals surface area contributed by atoms with Gasteiger partial charge in [0.1, 0.15) is 6.04 Å². The van der Waals surface area contributed by atoms with Crippen LogP contribution >= 0.6 is 31.9 Å². The summed E-state index contributed by atoms with van der Waals surface area (Å²) < 4.78 is 16.8. The van der Waals surface area contributed by atoms with Crippen molar-refractivity contribution in [1.82, 2.24) is 10.7 Å². The molecular formula is C22H23Br2N3O6. The van der Waals surface area contributed by atoms with Gasteiger partial charge in [-0.25, -0.2) is 10.2 Å². The standard InChI is InChI=1S/C22H23Br2N3O6/c1-4-32-19(28)12-33-20-17(24)9-14(10-18(20)31-3)11-25-27-21(29)13(2)26-22(30)15-7-5-6-8-16(15)23/h5-11,13H,4,12H2,1-3H3,(H,26,30)(H,27,29). The molecular weight excluding hydrogens is 562 g/mol. The van der Waals surface area contributed by atoms with Crippen molar-refractivity contribution < 1.29 is 28.6 Å². The summed E-state index contributed by atoms with van der Waals surface area (Å²) in [5.41, 5.74) is 3.39. The number of rotatable bonds is 10. The van der Waals surface area contributed by atoms with Crippen molar-refractivity contribution in [2.75, 3.05) is 20.3 Å². The number of benzene rings is 2. The maximum atomic E-state index is 12.3. The number of carbonyl (C=O) groups is 3. The normalized spacial score (nSPS) is 11.5. The molecule has 2 amide bonds. The molecule has 33 heavy (non-hydrogen) atoms. The van der Waals surface area contributed by atoms with E-state index in [1.807, 2.05) is 0 Å². The summed E-state index contributed by atoms with van der Waals surface area (Å²) in [5.74, 6) is -0.695. The number of halogens is 2. The van der Waals surface area contributed by atoms with Crippen LogP contribution in [0.15, 0.2) is 50.4 Å². The fourth-order valence-electron chi connectivity index (χ4n) is 2.54. The molecule has 0 aliphatic heterocycles. The van der Waals surface area contributed by atoms with E-state index in [0.29, 0.717) is 31.6 Å². The van der Waals surface area contributed by atoms with E-state index < -0.39 is 17.9 Å². The Morgan fingerprint density at radius 2 is 1.88 bits per heavy atom. The molecule has 0 radical (unpaired) electrons. The van der Waals surface area contributed by atoms with Gasteiger partial charge in [-0.3, -0.25) is 9.59 Å². The van der Waals surface area contributed by atoms with Crippen molar-refractivity contribution in [2.24, 2.45) is 5.10 Å². The number of carbonyl (C=O) groups excluding carboxylic acids is 3. The molecule has 1 atom stereocenters. The highest BCUT2D eigenvalue weighted by molar-refractivity contribution is 9.10. The van der Waals surface area contributed by atoms with Crippen LogP contribution in [0.3, 0.4) is 0 Å². The summed E-state index contributed by atoms with van der Waals surface area (Å²) in [6.07, 6.45) is 1.41. The van der Waals surface area contributed by atoms with Crippen LogP contribution in [-0.2, 0) is 14.3 Å². The van der Waals surface area contributed by atoms with Crippen molar-refractivity contribution in [1.29, 1.82) is 0 Å². The maximum Gasteiger partial charge on any atom is 0.344 e. The number of nitrogens with one attached hydrogen (secondary N) is 2. The second-order valence-corrected chi connectivity index (χ2v) is 8.25. The molecule has 0 fully saturated rings. The third-order valence-corrected chi connectivity index (χ3v) is 5.42. The van der Waals surface area contributed by atoms with Crippen molar-refractivity contribution in [3.8, 4) is 11.5 Å². The van der Waals surface area contributed by atoms with Crippen molar-refractivity contribution in [3.05, 3.63) is 56.5 Å². The van der Waals surface area contributed by atoms with Gasteiger partial charge in [0.25, 0.3) is 11.8 Å². The average Bonchev–Trinajstić information content (AvgIpc) is 2.78. The smallest absolute Gasteiger partial charge is 0.344 e. The van der Waals surface area contributed by atoms with Crippen molar-refractivity contribution in [2.45, 2.75) is 19.9 Å². The van der Waals surface area contributed by atoms with Gasteiger partial charge < -0.3 is 19.5 Å². The topological polar surface area (TPSA) is 115 Å². The predicted molar refractivity (Wildman–Crippen MR) is 130 cm³/mol. The van der Waals surface area contributed by atoms with E-state index in [9.17, 15) is 14.4 Å². The Hall–Kier alpha value is -2.92. The molecule has 176 valence electrons. The zero-order valence-corrected chi connectivity index (χ0v) is 21.4. The Bertz CT molecular complexity index is 1040. The molecule has 0 saturated heterocycles. The van der Waals surface area contributed by atoms with E-state index in [0.717, 1.165) is 0 Å². The van der Waals surface area contributed by atoms with Crippen LogP contribution in [0.5, 0.6) is 11.5 Å². The summed E-state index contributed by atoms with van der Waals surface area (Å²) in [6, 6.07) is 9.39. The molecule has 2 N–H and O–H groups in total. The molecule has 0 bridgehead atoms. The summed E-state index contributed by atoms with van der Waals surface area (Å²) in [6.45, 7) is 3.25. The first-order valence-corrected chi connectivity index (χ1v) is 11.4. The molecule has 9 nitrogen and oxygen atoms in total. The Balaban J connectivity index is 1.98. The number of nitrogens with zero attached hydrogens (tertiary/aromatic N) is 1. The summed E-state index contributed by atoms with van der Waals surface area (Å²) in [5, 5.41) is 6.54. The van der Waals surface area contributed by atoms with Gasteiger partial charge in [-0.2, -0.15) is 5.10 Å². The minimum absolute atomic E-state index is 0.258. The number of hydrazone groups is 1. The van der Waals surface area contributed by atoms with Crippen LogP contribution < -0.4 is 20.2 Å². The maximum absolute atomic E-state index is 12.3. The lowest BCUT2D eigenvalue weighted by atomic mass is 10.2. The van der Waals surface area contributed by atoms with Crippen LogP contribution in [0.25, 0.3) is 0 Å². The van der Waals surface area contributed by atoms with Gasteiger partial charge in [0.2, 0.25) is 0 Å². The summed E-state index contributed by atoms with van der Waals surface area (Å²) in [4.78, 5) is 36.1. The highest BCUT2D eigenvalue weighted by Crippen LogP contribution is 2.36. The van der Waals surface area contributed by atoms with Gasteiger partial charge in [0, 0.05) is 4.47 Å². The minimum atomic E-state index is -0.818. The van der Waals surface area contributed by atoms with E-state index in [1.165, 1.54) is 13.3 Å². The van der Waals surface area contributed by atoms with Crippen LogP contribution in [-0.4, -0.2) is 50.4 Å². The van der Waals surface area contributed by atoms with E-state index in [1.54, 1.807) is 50.2 Å². The Morgan fingerprint density at radius 1 is 1.15 bits per heavy atom. The molecule has 2 aromatic carbocycles. The summed E-state index contributed by atoms with van der Waals surface area (Å²) in [7, 11) is 1.46. The molecule has 0 heterocycles. The second kappa shape index (κ2) is 12.9. The molecule has 2 rings (SSSR count). The lowest BCUT2D eigenvalue weighted by Gasteiger charge is -2.13. The number of methoxy groups -OCH3 is 1. The minimum Gasteiger partial charge on any atom is -0.493 e. The first kappa shape index (κ1) is 26.3. The monoisotopic (exact) mass is 583 g/mol.